The number of nitrogens with one attached hydrogen (secondary N) is 2. The summed E-state index contributed by atoms with van der Waals surface area (Å²) < 4.78 is 0. The van der Waals surface area contributed by atoms with Gasteiger partial charge in [0, 0.05) is 23.0 Å². The molecule has 3 rings (SSSR count). The topological polar surface area (TPSA) is 24.1 Å². The fraction of sp³-hybridized carbons (Fsp3) is 0.778. The molecule has 1 aliphatic carbocycles. The van der Waals surface area contributed by atoms with Crippen LogP contribution in [0.3, 0.4) is 0 Å². The highest BCUT2D eigenvalue weighted by Gasteiger charge is 2.35. The number of hydrogen-bond donors (Lipinski definition) is 2. The van der Waals surface area contributed by atoms with E-state index in [0.29, 0.717) is 6.04 Å². The van der Waals surface area contributed by atoms with Crippen LogP contribution in [0.15, 0.2) is 17.5 Å². The van der Waals surface area contributed by atoms with Crippen molar-refractivity contribution in [3.8, 4) is 0 Å². The second-order valence-electron chi connectivity index (χ2n) is 6.78. The van der Waals surface area contributed by atoms with Gasteiger partial charge in [0.05, 0.1) is 0 Å². The smallest absolute Gasteiger partial charge is 0.0416 e. The lowest BCUT2D eigenvalue weighted by Gasteiger charge is -2.34. The first kappa shape index (κ1) is 15.5. The number of thiophene rings is 1. The van der Waals surface area contributed by atoms with Crippen molar-refractivity contribution >= 4 is 11.3 Å². The molecule has 1 saturated carbocycles. The van der Waals surface area contributed by atoms with E-state index in [2.05, 4.69) is 35.1 Å². The minimum atomic E-state index is 0.573. The maximum absolute atomic E-state index is 4.04. The van der Waals surface area contributed by atoms with E-state index < -0.39 is 0 Å². The maximum Gasteiger partial charge on any atom is 0.0416 e. The fourth-order valence-electron chi connectivity index (χ4n) is 4.27. The van der Waals surface area contributed by atoms with Crippen molar-refractivity contribution < 1.29 is 0 Å². The number of rotatable bonds is 6. The molecule has 118 valence electrons. The van der Waals surface area contributed by atoms with Crippen LogP contribution in [0.2, 0.25) is 0 Å². The molecule has 2 nitrogen and oxygen atoms in total. The summed E-state index contributed by atoms with van der Waals surface area (Å²) in [4.78, 5) is 1.53. The Balaban J connectivity index is 1.63. The average Bonchev–Trinajstić information content (AvgIpc) is 3.19. The van der Waals surface area contributed by atoms with Gasteiger partial charge in [0.25, 0.3) is 0 Å². The van der Waals surface area contributed by atoms with Gasteiger partial charge >= 0.3 is 0 Å². The minimum Gasteiger partial charge on any atom is -0.314 e. The zero-order valence-corrected chi connectivity index (χ0v) is 14.1. The summed E-state index contributed by atoms with van der Waals surface area (Å²) >= 11 is 1.91. The Hall–Kier alpha value is -0.380. The van der Waals surface area contributed by atoms with E-state index >= 15 is 0 Å². The number of piperidine rings is 1. The summed E-state index contributed by atoms with van der Waals surface area (Å²) in [5.74, 6) is 0.851. The van der Waals surface area contributed by atoms with E-state index in [1.54, 1.807) is 0 Å². The first-order valence-electron chi connectivity index (χ1n) is 8.91. The summed E-state index contributed by atoms with van der Waals surface area (Å²) in [6.45, 7) is 3.54. The van der Waals surface area contributed by atoms with Gasteiger partial charge in [0.15, 0.2) is 0 Å². The molecule has 21 heavy (non-hydrogen) atoms. The molecule has 0 spiro atoms. The summed E-state index contributed by atoms with van der Waals surface area (Å²) in [5.41, 5.74) is 0. The zero-order valence-electron chi connectivity index (χ0n) is 13.3. The minimum absolute atomic E-state index is 0.573. The molecule has 2 N–H and O–H groups in total. The van der Waals surface area contributed by atoms with Crippen LogP contribution in [-0.2, 0) is 0 Å². The number of hydrogen-bond acceptors (Lipinski definition) is 3. The molecule has 0 radical (unpaired) electrons. The largest absolute Gasteiger partial charge is 0.314 e. The normalized spacial score (nSPS) is 31.4. The van der Waals surface area contributed by atoms with E-state index in [-0.39, 0.29) is 0 Å². The van der Waals surface area contributed by atoms with Crippen LogP contribution in [-0.4, -0.2) is 18.6 Å². The highest BCUT2D eigenvalue weighted by atomic mass is 32.1. The molecule has 2 heterocycles. The molecule has 2 aliphatic rings. The molecule has 3 heteroatoms. The third-order valence-corrected chi connectivity index (χ3v) is 6.30. The lowest BCUT2D eigenvalue weighted by atomic mass is 9.88. The average molecular weight is 307 g/mol. The van der Waals surface area contributed by atoms with E-state index in [9.17, 15) is 0 Å². The standard InChI is InChI=1S/C18H30N2S/c1-2-7-17(18-11-6-13-21-18)20-16-10-5-8-14(16)15-9-3-4-12-19-15/h6,11,13-17,19-20H,2-5,7-10,12H2,1H3. The highest BCUT2D eigenvalue weighted by molar-refractivity contribution is 7.10. The first-order valence-corrected chi connectivity index (χ1v) is 9.79. The Morgan fingerprint density at radius 2 is 2.24 bits per heavy atom. The van der Waals surface area contributed by atoms with Crippen LogP contribution in [0.5, 0.6) is 0 Å². The van der Waals surface area contributed by atoms with Crippen LogP contribution in [0.25, 0.3) is 0 Å². The van der Waals surface area contributed by atoms with E-state index in [1.165, 1.54) is 62.8 Å². The third-order valence-electron chi connectivity index (χ3n) is 5.31. The van der Waals surface area contributed by atoms with Crippen molar-refractivity contribution in [2.45, 2.75) is 76.4 Å². The monoisotopic (exact) mass is 306 g/mol. The van der Waals surface area contributed by atoms with Crippen LogP contribution in [0.4, 0.5) is 0 Å². The molecule has 2 fully saturated rings. The molecule has 1 aliphatic heterocycles. The Kier molecular flexibility index (Phi) is 5.73. The van der Waals surface area contributed by atoms with E-state index in [0.717, 1.165) is 18.0 Å². The molecule has 1 aromatic heterocycles. The molecule has 4 atom stereocenters. The maximum atomic E-state index is 4.04. The van der Waals surface area contributed by atoms with Gasteiger partial charge in [-0.25, -0.2) is 0 Å². The Morgan fingerprint density at radius 1 is 1.29 bits per heavy atom. The molecule has 0 aromatic carbocycles. The Labute approximate surface area is 133 Å². The van der Waals surface area contributed by atoms with Crippen molar-refractivity contribution in [3.63, 3.8) is 0 Å². The van der Waals surface area contributed by atoms with Crippen LogP contribution in [0, 0.1) is 5.92 Å². The van der Waals surface area contributed by atoms with Gasteiger partial charge in [-0.05, 0) is 56.0 Å². The molecule has 4 unspecified atom stereocenters. The molecule has 1 saturated heterocycles. The van der Waals surface area contributed by atoms with Gasteiger partial charge in [-0.15, -0.1) is 11.3 Å². The van der Waals surface area contributed by atoms with Gasteiger partial charge < -0.3 is 10.6 Å². The van der Waals surface area contributed by atoms with Gasteiger partial charge in [0.1, 0.15) is 0 Å². The van der Waals surface area contributed by atoms with Gasteiger partial charge in [-0.2, -0.15) is 0 Å². The summed E-state index contributed by atoms with van der Waals surface area (Å²) in [7, 11) is 0. The van der Waals surface area contributed by atoms with Gasteiger partial charge in [0.2, 0.25) is 0 Å². The van der Waals surface area contributed by atoms with Crippen molar-refractivity contribution in [3.05, 3.63) is 22.4 Å². The highest BCUT2D eigenvalue weighted by Crippen LogP contribution is 2.34. The molecule has 1 aromatic rings. The quantitative estimate of drug-likeness (QED) is 0.809. The van der Waals surface area contributed by atoms with E-state index in [1.807, 2.05) is 11.3 Å². The Morgan fingerprint density at radius 3 is 2.95 bits per heavy atom. The summed E-state index contributed by atoms with van der Waals surface area (Å²) in [5, 5.41) is 10.0. The zero-order chi connectivity index (χ0) is 14.5. The first-order chi connectivity index (χ1) is 10.4. The summed E-state index contributed by atoms with van der Waals surface area (Å²) in [6, 6.07) is 6.56. The summed E-state index contributed by atoms with van der Waals surface area (Å²) in [6.07, 6.45) is 10.9. The van der Waals surface area contributed by atoms with Gasteiger partial charge in [-0.3, -0.25) is 0 Å². The Bertz CT molecular complexity index is 397. The molecule has 0 bridgehead atoms. The van der Waals surface area contributed by atoms with Crippen molar-refractivity contribution in [1.82, 2.24) is 10.6 Å². The van der Waals surface area contributed by atoms with E-state index in [4.69, 9.17) is 0 Å². The van der Waals surface area contributed by atoms with Crippen molar-refractivity contribution in [2.24, 2.45) is 5.92 Å². The lowest BCUT2D eigenvalue weighted by Crippen LogP contribution is -2.47. The second-order valence-corrected chi connectivity index (χ2v) is 7.76. The predicted octanol–water partition coefficient (Wildman–Crippen LogP) is 4.49. The van der Waals surface area contributed by atoms with Crippen LogP contribution in [0.1, 0.15) is 69.2 Å². The third kappa shape index (κ3) is 3.88. The molecular weight excluding hydrogens is 276 g/mol. The van der Waals surface area contributed by atoms with Crippen molar-refractivity contribution in [1.29, 1.82) is 0 Å². The van der Waals surface area contributed by atoms with Crippen LogP contribution >= 0.6 is 11.3 Å². The lowest BCUT2D eigenvalue weighted by molar-refractivity contribution is 0.244. The molecule has 0 amide bonds. The predicted molar refractivity (Wildman–Crippen MR) is 91.9 cm³/mol. The fourth-order valence-corrected chi connectivity index (χ4v) is 5.09. The van der Waals surface area contributed by atoms with Crippen LogP contribution < -0.4 is 10.6 Å². The SMILES string of the molecule is CCCC(NC1CCCC1C1CCCCN1)c1cccs1. The van der Waals surface area contributed by atoms with Gasteiger partial charge in [-0.1, -0.05) is 32.3 Å². The second kappa shape index (κ2) is 7.75. The molecular formula is C18H30N2S. The van der Waals surface area contributed by atoms with Crippen molar-refractivity contribution in [2.75, 3.05) is 6.54 Å².